The highest BCUT2D eigenvalue weighted by molar-refractivity contribution is 5.86. The van der Waals surface area contributed by atoms with E-state index >= 15 is 0 Å². The lowest BCUT2D eigenvalue weighted by Crippen LogP contribution is -2.49. The van der Waals surface area contributed by atoms with Gasteiger partial charge in [0.15, 0.2) is 0 Å². The summed E-state index contributed by atoms with van der Waals surface area (Å²) in [6.07, 6.45) is 3.46. The lowest BCUT2D eigenvalue weighted by atomic mass is 9.70. The second kappa shape index (κ2) is 6.82. The minimum absolute atomic E-state index is 0.0265. The van der Waals surface area contributed by atoms with Gasteiger partial charge in [-0.2, -0.15) is 0 Å². The third-order valence-electron chi connectivity index (χ3n) is 6.66. The fraction of sp³-hybridized carbons (Fsp3) is 0.591. The Labute approximate surface area is 157 Å². The molecule has 4 nitrogen and oxygen atoms in total. The van der Waals surface area contributed by atoms with Gasteiger partial charge in [-0.25, -0.2) is 0 Å². The molecule has 4 rings (SSSR count). The molecule has 0 spiro atoms. The van der Waals surface area contributed by atoms with Crippen molar-refractivity contribution in [1.82, 2.24) is 15.1 Å². The zero-order chi connectivity index (χ0) is 18.4. The van der Waals surface area contributed by atoms with Crippen molar-refractivity contribution in [3.8, 4) is 0 Å². The Morgan fingerprint density at radius 2 is 2.08 bits per heavy atom. The van der Waals surface area contributed by atoms with Crippen LogP contribution in [0.5, 0.6) is 0 Å². The number of aryl methyl sites for hydroxylation is 1. The Kier molecular flexibility index (Phi) is 4.66. The predicted molar refractivity (Wildman–Crippen MR) is 106 cm³/mol. The monoisotopic (exact) mass is 353 g/mol. The zero-order valence-corrected chi connectivity index (χ0v) is 16.5. The molecule has 0 fully saturated rings. The van der Waals surface area contributed by atoms with Gasteiger partial charge in [-0.3, -0.25) is 9.69 Å². The molecule has 3 atom stereocenters. The van der Waals surface area contributed by atoms with Gasteiger partial charge in [0.1, 0.15) is 0 Å². The molecule has 4 heteroatoms. The van der Waals surface area contributed by atoms with Crippen LogP contribution in [0, 0.1) is 12.8 Å². The van der Waals surface area contributed by atoms with Crippen molar-refractivity contribution in [3.05, 3.63) is 40.5 Å². The van der Waals surface area contributed by atoms with Gasteiger partial charge in [-0.05, 0) is 68.0 Å². The number of nitrogens with zero attached hydrogens (tertiary/aromatic N) is 2. The fourth-order valence-corrected chi connectivity index (χ4v) is 5.22. The van der Waals surface area contributed by atoms with Crippen LogP contribution in [0.1, 0.15) is 48.4 Å². The van der Waals surface area contributed by atoms with Crippen molar-refractivity contribution in [2.24, 2.45) is 5.92 Å². The van der Waals surface area contributed by atoms with Gasteiger partial charge < -0.3 is 10.2 Å². The van der Waals surface area contributed by atoms with Crippen molar-refractivity contribution in [2.45, 2.75) is 45.7 Å². The summed E-state index contributed by atoms with van der Waals surface area (Å²) < 4.78 is 0. The van der Waals surface area contributed by atoms with E-state index in [2.05, 4.69) is 56.2 Å². The second-order valence-corrected chi connectivity index (χ2v) is 8.08. The van der Waals surface area contributed by atoms with Crippen LogP contribution < -0.4 is 5.32 Å². The number of benzene rings is 1. The molecule has 1 amide bonds. The number of hydrogen-bond acceptors (Lipinski definition) is 3. The molecule has 0 radical (unpaired) electrons. The molecule has 1 aliphatic carbocycles. The molecule has 26 heavy (non-hydrogen) atoms. The van der Waals surface area contributed by atoms with Gasteiger partial charge in [0.2, 0.25) is 5.91 Å². The first-order chi connectivity index (χ1) is 12.5. The van der Waals surface area contributed by atoms with Crippen molar-refractivity contribution >= 4 is 11.5 Å². The predicted octanol–water partition coefficient (Wildman–Crippen LogP) is 2.77. The molecule has 1 aromatic carbocycles. The number of rotatable bonds is 3. The maximum atomic E-state index is 13.0. The average Bonchev–Trinajstić information content (AvgIpc) is 2.65. The fourth-order valence-electron chi connectivity index (χ4n) is 5.22. The summed E-state index contributed by atoms with van der Waals surface area (Å²) in [6, 6.07) is 5.00. The highest BCUT2D eigenvalue weighted by atomic mass is 16.2. The van der Waals surface area contributed by atoms with Gasteiger partial charge in [0, 0.05) is 38.8 Å². The Balaban J connectivity index is 1.79. The minimum atomic E-state index is -0.0265. The molecule has 1 N–H and O–H groups in total. The van der Waals surface area contributed by atoms with E-state index in [9.17, 15) is 4.79 Å². The second-order valence-electron chi connectivity index (χ2n) is 8.08. The van der Waals surface area contributed by atoms with E-state index in [0.717, 1.165) is 39.1 Å². The number of carbonyl (C=O) groups is 1. The highest BCUT2D eigenvalue weighted by Gasteiger charge is 2.40. The van der Waals surface area contributed by atoms with Gasteiger partial charge in [-0.1, -0.05) is 18.2 Å². The summed E-state index contributed by atoms with van der Waals surface area (Å²) in [6.45, 7) is 10.8. The van der Waals surface area contributed by atoms with Crippen molar-refractivity contribution in [1.29, 1.82) is 0 Å². The molecule has 140 valence electrons. The molecule has 0 saturated heterocycles. The van der Waals surface area contributed by atoms with Gasteiger partial charge in [0.05, 0.1) is 5.92 Å². The summed E-state index contributed by atoms with van der Waals surface area (Å²) in [5.74, 6) is 0.840. The summed E-state index contributed by atoms with van der Waals surface area (Å²) in [5.41, 5.74) is 7.21. The summed E-state index contributed by atoms with van der Waals surface area (Å²) in [4.78, 5) is 17.4. The van der Waals surface area contributed by atoms with Crippen LogP contribution in [0.2, 0.25) is 0 Å². The van der Waals surface area contributed by atoms with Gasteiger partial charge in [-0.15, -0.1) is 0 Å². The van der Waals surface area contributed by atoms with E-state index in [0.29, 0.717) is 12.0 Å². The summed E-state index contributed by atoms with van der Waals surface area (Å²) in [5, 5.41) is 3.61. The van der Waals surface area contributed by atoms with E-state index in [1.54, 1.807) is 5.56 Å². The third kappa shape index (κ3) is 2.71. The Morgan fingerprint density at radius 3 is 2.81 bits per heavy atom. The van der Waals surface area contributed by atoms with Crippen LogP contribution in [0.25, 0.3) is 5.57 Å². The molecule has 3 aliphatic rings. The molecular weight excluding hydrogens is 322 g/mol. The van der Waals surface area contributed by atoms with E-state index in [4.69, 9.17) is 0 Å². The number of likely N-dealkylation sites (N-methyl/N-ethyl adjacent to an activating group) is 1. The zero-order valence-electron chi connectivity index (χ0n) is 16.5. The molecule has 0 bridgehead atoms. The number of amides is 1. The highest BCUT2D eigenvalue weighted by Crippen LogP contribution is 2.46. The van der Waals surface area contributed by atoms with Crippen molar-refractivity contribution < 1.29 is 4.79 Å². The Bertz CT molecular complexity index is 750. The van der Waals surface area contributed by atoms with Gasteiger partial charge in [0.25, 0.3) is 0 Å². The first-order valence-electron chi connectivity index (χ1n) is 10.1. The summed E-state index contributed by atoms with van der Waals surface area (Å²) in [7, 11) is 2.19. The first-order valence-corrected chi connectivity index (χ1v) is 10.1. The average molecular weight is 354 g/mol. The maximum absolute atomic E-state index is 13.0. The lowest BCUT2D eigenvalue weighted by Gasteiger charge is -2.45. The molecule has 0 unspecified atom stereocenters. The van der Waals surface area contributed by atoms with E-state index < -0.39 is 0 Å². The SMILES string of the molecule is CCN(CC)C(=O)[C@@H]1C=C2c3ccc(C)c4c3[C@H](CNC4)C[C@H]2N(C)C1. The van der Waals surface area contributed by atoms with E-state index in [1.807, 2.05) is 4.90 Å². The first kappa shape index (κ1) is 17.7. The van der Waals surface area contributed by atoms with Crippen molar-refractivity contribution in [2.75, 3.05) is 33.2 Å². The van der Waals surface area contributed by atoms with E-state index in [-0.39, 0.29) is 11.8 Å². The minimum Gasteiger partial charge on any atom is -0.343 e. The van der Waals surface area contributed by atoms with Crippen LogP contribution in [-0.2, 0) is 11.3 Å². The van der Waals surface area contributed by atoms with Crippen LogP contribution in [0.15, 0.2) is 18.2 Å². The van der Waals surface area contributed by atoms with Crippen LogP contribution >= 0.6 is 0 Å². The molecule has 0 aromatic heterocycles. The lowest BCUT2D eigenvalue weighted by molar-refractivity contribution is -0.134. The van der Waals surface area contributed by atoms with Crippen molar-refractivity contribution in [3.63, 3.8) is 0 Å². The van der Waals surface area contributed by atoms with Gasteiger partial charge >= 0.3 is 0 Å². The number of fused-ring (bicyclic) bond motifs is 2. The molecular formula is C22H31N3O. The van der Waals surface area contributed by atoms with Crippen LogP contribution in [0.3, 0.4) is 0 Å². The molecule has 0 saturated carbocycles. The molecule has 2 heterocycles. The quantitative estimate of drug-likeness (QED) is 0.908. The molecule has 2 aliphatic heterocycles. The molecule has 1 aromatic rings. The number of carbonyl (C=O) groups excluding carboxylic acids is 1. The standard InChI is InChI=1S/C22H31N3O/c1-5-25(6-2)22(26)16-9-18-17-8-7-14(3)19-12-23-11-15(21(17)19)10-20(18)24(4)13-16/h7-9,15-16,20,23H,5-6,10-13H2,1-4H3/t15-,16+,20+/m0/s1. The third-order valence-corrected chi connectivity index (χ3v) is 6.66. The maximum Gasteiger partial charge on any atom is 0.230 e. The number of hydrogen-bond donors (Lipinski definition) is 1. The smallest absolute Gasteiger partial charge is 0.230 e. The van der Waals surface area contributed by atoms with Crippen LogP contribution in [0.4, 0.5) is 0 Å². The topological polar surface area (TPSA) is 35.6 Å². The Morgan fingerprint density at radius 1 is 1.31 bits per heavy atom. The normalized spacial score (nSPS) is 27.4. The van der Waals surface area contributed by atoms with Crippen LogP contribution in [-0.4, -0.2) is 55.0 Å². The van der Waals surface area contributed by atoms with E-state index in [1.165, 1.54) is 22.3 Å². The number of nitrogens with one attached hydrogen (secondary N) is 1. The Hall–Kier alpha value is -1.65. The largest absolute Gasteiger partial charge is 0.343 e. The summed E-state index contributed by atoms with van der Waals surface area (Å²) >= 11 is 0.